The lowest BCUT2D eigenvalue weighted by Gasteiger charge is -1.98. The van der Waals surface area contributed by atoms with Gasteiger partial charge in [-0.2, -0.15) is 0 Å². The smallest absolute Gasteiger partial charge is 0.342 e. The van der Waals surface area contributed by atoms with E-state index >= 15 is 0 Å². The maximum absolute atomic E-state index is 10.4. The molecule has 0 fully saturated rings. The number of allylic oxidation sites excluding steroid dienone is 1. The van der Waals surface area contributed by atoms with Crippen molar-refractivity contribution in [2.24, 2.45) is 0 Å². The number of aliphatic carboxylic acids is 2. The molecule has 1 aliphatic heterocycles. The molecule has 0 aromatic heterocycles. The van der Waals surface area contributed by atoms with Crippen molar-refractivity contribution in [1.82, 2.24) is 4.99 Å². The van der Waals surface area contributed by atoms with E-state index in [9.17, 15) is 9.59 Å². The van der Waals surface area contributed by atoms with Gasteiger partial charge in [-0.3, -0.25) is 0 Å². The van der Waals surface area contributed by atoms with Crippen LogP contribution in [0.4, 0.5) is 0 Å². The third-order valence-electron chi connectivity index (χ3n) is 1.28. The van der Waals surface area contributed by atoms with E-state index in [1.165, 1.54) is 6.21 Å². The Bertz CT molecular complexity index is 292. The Hall–Kier alpha value is -1.91. The first kappa shape index (κ1) is 8.19. The number of hydrogen-bond acceptors (Lipinski definition) is 3. The van der Waals surface area contributed by atoms with Gasteiger partial charge >= 0.3 is 11.9 Å². The lowest BCUT2D eigenvalue weighted by molar-refractivity contribution is -0.136. The Morgan fingerprint density at radius 2 is 1.75 bits per heavy atom. The fourth-order valence-corrected chi connectivity index (χ4v) is 0.751. The van der Waals surface area contributed by atoms with Gasteiger partial charge in [0.1, 0.15) is 5.57 Å². The van der Waals surface area contributed by atoms with Crippen molar-refractivity contribution >= 4 is 18.2 Å². The lowest BCUT2D eigenvalue weighted by atomic mass is 10.1. The molecular weight excluding hydrogens is 162 g/mol. The minimum absolute atomic E-state index is 0.252. The molecule has 61 valence electrons. The van der Waals surface area contributed by atoms with Crippen LogP contribution in [0.3, 0.4) is 0 Å². The van der Waals surface area contributed by atoms with Crippen LogP contribution in [0.25, 0.3) is 0 Å². The molecule has 0 atom stereocenters. The Kier molecular flexibility index (Phi) is 2.05. The maximum atomic E-state index is 10.4. The first-order valence-electron chi connectivity index (χ1n) is 3.03. The number of rotatable bonds is 2. The fraction of sp³-hybridized carbons (Fsp3) is 0. The summed E-state index contributed by atoms with van der Waals surface area (Å²) in [4.78, 5) is 24.4. The van der Waals surface area contributed by atoms with E-state index in [-0.39, 0.29) is 11.1 Å². The van der Waals surface area contributed by atoms with Gasteiger partial charge in [0.2, 0.25) is 6.21 Å². The minimum atomic E-state index is -1.29. The Morgan fingerprint density at radius 1 is 1.17 bits per heavy atom. The molecule has 1 heterocycles. The number of aliphatic imine (C=N–C) groups is 1. The Morgan fingerprint density at radius 3 is 2.17 bits per heavy atom. The number of carbonyl (C=O) groups is 2. The second-order valence-corrected chi connectivity index (χ2v) is 2.03. The summed E-state index contributed by atoms with van der Waals surface area (Å²) < 4.78 is 0. The third-order valence-corrected chi connectivity index (χ3v) is 1.28. The molecule has 1 rings (SSSR count). The predicted octanol–water partition coefficient (Wildman–Crippen LogP) is -0.614. The van der Waals surface area contributed by atoms with Crippen LogP contribution in [0.1, 0.15) is 0 Å². The van der Waals surface area contributed by atoms with Crippen LogP contribution < -0.4 is 4.99 Å². The van der Waals surface area contributed by atoms with Crippen LogP contribution in [-0.4, -0.2) is 28.4 Å². The normalized spacial score (nSPS) is 15.0. The second-order valence-electron chi connectivity index (χ2n) is 2.03. The van der Waals surface area contributed by atoms with E-state index in [2.05, 4.69) is 4.99 Å². The highest BCUT2D eigenvalue weighted by Crippen LogP contribution is 2.10. The highest BCUT2D eigenvalue weighted by Gasteiger charge is 2.24. The van der Waals surface area contributed by atoms with E-state index in [0.29, 0.717) is 0 Å². The minimum Gasteiger partial charge on any atom is -0.478 e. The SMILES string of the molecule is O=C(O)C1=CC=[N+]C=C1C(=O)O. The molecule has 0 aromatic rings. The molecule has 5 heteroatoms. The molecule has 0 spiro atoms. The summed E-state index contributed by atoms with van der Waals surface area (Å²) >= 11 is 0. The molecular formula is C7H5NO4+. The summed E-state index contributed by atoms with van der Waals surface area (Å²) in [6.45, 7) is 0. The zero-order chi connectivity index (χ0) is 9.14. The molecule has 1 aliphatic rings. The average molecular weight is 167 g/mol. The molecule has 0 aliphatic carbocycles. The number of carboxylic acid groups (broad SMARTS) is 2. The molecule has 2 N–H and O–H groups in total. The fourth-order valence-electron chi connectivity index (χ4n) is 0.751. The Labute approximate surface area is 67.4 Å². The molecule has 0 saturated carbocycles. The Balaban J connectivity index is 3.09. The quantitative estimate of drug-likeness (QED) is 0.574. The van der Waals surface area contributed by atoms with Gasteiger partial charge in [0.15, 0.2) is 0 Å². The molecule has 1 radical (unpaired) electrons. The lowest BCUT2D eigenvalue weighted by Crippen LogP contribution is -2.14. The van der Waals surface area contributed by atoms with Gasteiger partial charge in [0.05, 0.1) is 10.6 Å². The highest BCUT2D eigenvalue weighted by molar-refractivity contribution is 6.08. The highest BCUT2D eigenvalue weighted by atomic mass is 16.4. The zero-order valence-corrected chi connectivity index (χ0v) is 5.89. The van der Waals surface area contributed by atoms with Crippen LogP contribution in [0.5, 0.6) is 0 Å². The van der Waals surface area contributed by atoms with Crippen LogP contribution in [-0.2, 0) is 9.59 Å². The second kappa shape index (κ2) is 3.00. The molecule has 0 aromatic carbocycles. The zero-order valence-electron chi connectivity index (χ0n) is 5.89. The van der Waals surface area contributed by atoms with Crippen molar-refractivity contribution in [3.8, 4) is 0 Å². The van der Waals surface area contributed by atoms with Crippen molar-refractivity contribution < 1.29 is 19.8 Å². The van der Waals surface area contributed by atoms with Gasteiger partial charge in [-0.1, -0.05) is 0 Å². The summed E-state index contributed by atoms with van der Waals surface area (Å²) in [6, 6.07) is 0. The van der Waals surface area contributed by atoms with Gasteiger partial charge < -0.3 is 10.2 Å². The summed E-state index contributed by atoms with van der Waals surface area (Å²) in [5.41, 5.74) is -0.553. The summed E-state index contributed by atoms with van der Waals surface area (Å²) in [7, 11) is 0. The standard InChI is InChI=1S/C7H5NO4/c9-6(10)4-1-2-8-3-5(4)7(11)12/h1-3H,(H,9,10)(H,11,12)/q+1. The first-order chi connectivity index (χ1) is 5.63. The topological polar surface area (TPSA) is 88.7 Å². The van der Waals surface area contributed by atoms with Crippen LogP contribution in [0.15, 0.2) is 23.4 Å². The van der Waals surface area contributed by atoms with E-state index in [0.717, 1.165) is 12.3 Å². The van der Waals surface area contributed by atoms with E-state index in [1.54, 1.807) is 0 Å². The molecule has 0 amide bonds. The average Bonchev–Trinajstić information content (AvgIpc) is 2.04. The van der Waals surface area contributed by atoms with E-state index < -0.39 is 11.9 Å². The van der Waals surface area contributed by atoms with Gasteiger partial charge in [-0.15, -0.1) is 0 Å². The van der Waals surface area contributed by atoms with Gasteiger partial charge in [-0.25, -0.2) is 9.59 Å². The van der Waals surface area contributed by atoms with Crippen LogP contribution in [0.2, 0.25) is 0 Å². The van der Waals surface area contributed by atoms with Crippen LogP contribution >= 0.6 is 0 Å². The van der Waals surface area contributed by atoms with E-state index in [4.69, 9.17) is 10.2 Å². The van der Waals surface area contributed by atoms with Crippen molar-refractivity contribution in [3.05, 3.63) is 23.4 Å². The predicted molar refractivity (Wildman–Crippen MR) is 39.6 cm³/mol. The number of nitrogens with zero attached hydrogens (tertiary/aromatic N) is 1. The van der Waals surface area contributed by atoms with Crippen molar-refractivity contribution in [1.29, 1.82) is 0 Å². The third kappa shape index (κ3) is 1.39. The molecule has 5 nitrogen and oxygen atoms in total. The van der Waals surface area contributed by atoms with Gasteiger partial charge in [-0.05, 0) is 0 Å². The summed E-state index contributed by atoms with van der Waals surface area (Å²) in [5.74, 6) is -2.56. The van der Waals surface area contributed by atoms with Crippen LogP contribution in [0, 0.1) is 0 Å². The molecule has 12 heavy (non-hydrogen) atoms. The van der Waals surface area contributed by atoms with Crippen molar-refractivity contribution in [3.63, 3.8) is 0 Å². The number of hydrogen-bond donors (Lipinski definition) is 2. The van der Waals surface area contributed by atoms with Gasteiger partial charge in [0.25, 0.3) is 6.20 Å². The van der Waals surface area contributed by atoms with Gasteiger partial charge in [0, 0.05) is 6.08 Å². The number of carboxylic acids is 2. The van der Waals surface area contributed by atoms with E-state index in [1.807, 2.05) is 0 Å². The van der Waals surface area contributed by atoms with Crippen molar-refractivity contribution in [2.75, 3.05) is 0 Å². The molecule has 0 unspecified atom stereocenters. The first-order valence-corrected chi connectivity index (χ1v) is 3.03. The molecule has 0 saturated heterocycles. The molecule has 0 bridgehead atoms. The maximum Gasteiger partial charge on any atom is 0.342 e. The largest absolute Gasteiger partial charge is 0.478 e. The summed E-state index contributed by atoms with van der Waals surface area (Å²) in [6.07, 6.45) is 3.38. The summed E-state index contributed by atoms with van der Waals surface area (Å²) in [5, 5.41) is 17.0. The van der Waals surface area contributed by atoms with Crippen molar-refractivity contribution in [2.45, 2.75) is 0 Å². The monoisotopic (exact) mass is 167 g/mol.